The van der Waals surface area contributed by atoms with Crippen LogP contribution < -0.4 is 5.56 Å². The van der Waals surface area contributed by atoms with Gasteiger partial charge in [-0.15, -0.1) is 0 Å². The molecule has 0 radical (unpaired) electrons. The fourth-order valence-electron chi connectivity index (χ4n) is 2.87. The zero-order chi connectivity index (χ0) is 16.0. The molecule has 0 unspecified atom stereocenters. The van der Waals surface area contributed by atoms with Gasteiger partial charge in [-0.3, -0.25) is 9.78 Å². The van der Waals surface area contributed by atoms with Crippen LogP contribution in [0.3, 0.4) is 0 Å². The molecule has 23 heavy (non-hydrogen) atoms. The molecule has 1 N–H and O–H groups in total. The molecule has 1 aromatic carbocycles. The van der Waals surface area contributed by atoms with Gasteiger partial charge in [0.2, 0.25) is 5.78 Å². The number of aromatic nitrogens is 5. The summed E-state index contributed by atoms with van der Waals surface area (Å²) in [7, 11) is 0. The summed E-state index contributed by atoms with van der Waals surface area (Å²) in [4.78, 5) is 24.4. The van der Waals surface area contributed by atoms with Gasteiger partial charge >= 0.3 is 0 Å². The van der Waals surface area contributed by atoms with E-state index < -0.39 is 0 Å². The Bertz CT molecular complexity index is 1080. The van der Waals surface area contributed by atoms with E-state index in [0.717, 1.165) is 22.2 Å². The second-order valence-corrected chi connectivity index (χ2v) is 5.78. The third kappa shape index (κ3) is 2.11. The molecule has 0 bridgehead atoms. The molecular formula is C17H15N5O. The second-order valence-electron chi connectivity index (χ2n) is 5.78. The Balaban J connectivity index is 2.06. The first kappa shape index (κ1) is 13.6. The normalized spacial score (nSPS) is 11.6. The van der Waals surface area contributed by atoms with Crippen molar-refractivity contribution in [3.63, 3.8) is 0 Å². The summed E-state index contributed by atoms with van der Waals surface area (Å²) in [6.45, 7) is 4.00. The molecule has 0 aliphatic rings. The van der Waals surface area contributed by atoms with Gasteiger partial charge in [0.25, 0.3) is 5.56 Å². The standard InChI is InChI=1S/C17H15N5O/c1-10(2)14-15(21-17-19-9-20-22(17)16(14)23)12-5-6-13-11(8-12)4-3-7-18-13/h3-10H,1-2H3,(H,19,20,21). The third-order valence-electron chi connectivity index (χ3n) is 3.95. The molecule has 4 rings (SSSR count). The summed E-state index contributed by atoms with van der Waals surface area (Å²) in [5, 5.41) is 5.03. The summed E-state index contributed by atoms with van der Waals surface area (Å²) in [5.41, 5.74) is 3.22. The number of H-pyrrole nitrogens is 1. The molecule has 0 spiro atoms. The van der Waals surface area contributed by atoms with E-state index in [1.165, 1.54) is 10.8 Å². The van der Waals surface area contributed by atoms with E-state index in [1.807, 2.05) is 44.2 Å². The van der Waals surface area contributed by atoms with Gasteiger partial charge in [-0.25, -0.2) is 0 Å². The molecular weight excluding hydrogens is 290 g/mol. The Hall–Kier alpha value is -3.02. The Morgan fingerprint density at radius 2 is 2.04 bits per heavy atom. The number of rotatable bonds is 2. The van der Waals surface area contributed by atoms with Crippen LogP contribution in [0.1, 0.15) is 25.3 Å². The van der Waals surface area contributed by atoms with Crippen LogP contribution in [0.4, 0.5) is 0 Å². The number of nitrogens with zero attached hydrogens (tertiary/aromatic N) is 4. The Morgan fingerprint density at radius 3 is 2.87 bits per heavy atom. The summed E-state index contributed by atoms with van der Waals surface area (Å²) in [5.74, 6) is 0.507. The quantitative estimate of drug-likeness (QED) is 0.618. The maximum Gasteiger partial charge on any atom is 0.279 e. The van der Waals surface area contributed by atoms with E-state index in [2.05, 4.69) is 20.1 Å². The Morgan fingerprint density at radius 1 is 1.17 bits per heavy atom. The van der Waals surface area contributed by atoms with Gasteiger partial charge in [-0.1, -0.05) is 26.0 Å². The minimum atomic E-state index is -0.132. The lowest BCUT2D eigenvalue weighted by molar-refractivity contribution is 0.797. The van der Waals surface area contributed by atoms with E-state index in [0.29, 0.717) is 11.3 Å². The maximum absolute atomic E-state index is 12.7. The SMILES string of the molecule is CC(C)c1c(-c2ccc3ncccc3c2)[nH]c2ncnn2c1=O. The highest BCUT2D eigenvalue weighted by Crippen LogP contribution is 2.27. The molecule has 6 heteroatoms. The van der Waals surface area contributed by atoms with Gasteiger partial charge in [0.05, 0.1) is 11.2 Å². The van der Waals surface area contributed by atoms with Gasteiger partial charge in [-0.05, 0) is 29.7 Å². The van der Waals surface area contributed by atoms with Crippen molar-refractivity contribution >= 4 is 16.7 Å². The molecule has 0 aliphatic carbocycles. The highest BCUT2D eigenvalue weighted by atomic mass is 16.1. The first-order valence-corrected chi connectivity index (χ1v) is 7.46. The predicted molar refractivity (Wildman–Crippen MR) is 88.4 cm³/mol. The van der Waals surface area contributed by atoms with E-state index in [1.54, 1.807) is 6.20 Å². The summed E-state index contributed by atoms with van der Waals surface area (Å²) < 4.78 is 1.31. The average Bonchev–Trinajstić information content (AvgIpc) is 3.03. The predicted octanol–water partition coefficient (Wildman–Crippen LogP) is 2.76. The van der Waals surface area contributed by atoms with E-state index in [-0.39, 0.29) is 11.5 Å². The minimum absolute atomic E-state index is 0.0620. The van der Waals surface area contributed by atoms with Crippen LogP contribution in [-0.2, 0) is 0 Å². The third-order valence-corrected chi connectivity index (χ3v) is 3.95. The highest BCUT2D eigenvalue weighted by Gasteiger charge is 2.17. The number of fused-ring (bicyclic) bond motifs is 2. The lowest BCUT2D eigenvalue weighted by atomic mass is 9.97. The lowest BCUT2D eigenvalue weighted by Crippen LogP contribution is -2.22. The number of benzene rings is 1. The largest absolute Gasteiger partial charge is 0.323 e. The van der Waals surface area contributed by atoms with Crippen LogP contribution >= 0.6 is 0 Å². The number of pyridine rings is 1. The average molecular weight is 305 g/mol. The monoisotopic (exact) mass is 305 g/mol. The molecule has 0 aliphatic heterocycles. The van der Waals surface area contributed by atoms with E-state index in [9.17, 15) is 4.79 Å². The molecule has 4 aromatic rings. The second kappa shape index (κ2) is 5.01. The van der Waals surface area contributed by atoms with Crippen LogP contribution in [-0.4, -0.2) is 24.6 Å². The molecule has 114 valence electrons. The van der Waals surface area contributed by atoms with Gasteiger partial charge in [0.15, 0.2) is 0 Å². The number of hydrogen-bond donors (Lipinski definition) is 1. The van der Waals surface area contributed by atoms with Crippen molar-refractivity contribution in [2.45, 2.75) is 19.8 Å². The number of aromatic amines is 1. The first-order valence-electron chi connectivity index (χ1n) is 7.46. The molecule has 0 saturated heterocycles. The fraction of sp³-hybridized carbons (Fsp3) is 0.176. The van der Waals surface area contributed by atoms with Crippen LogP contribution in [0.25, 0.3) is 27.9 Å². The topological polar surface area (TPSA) is 75.9 Å². The molecule has 3 heterocycles. The van der Waals surface area contributed by atoms with Crippen LogP contribution in [0.2, 0.25) is 0 Å². The van der Waals surface area contributed by atoms with Gasteiger partial charge in [-0.2, -0.15) is 14.6 Å². The highest BCUT2D eigenvalue weighted by molar-refractivity contribution is 5.84. The van der Waals surface area contributed by atoms with Crippen molar-refractivity contribution in [1.82, 2.24) is 24.6 Å². The number of hydrogen-bond acceptors (Lipinski definition) is 4. The van der Waals surface area contributed by atoms with Crippen LogP contribution in [0.5, 0.6) is 0 Å². The van der Waals surface area contributed by atoms with Crippen molar-refractivity contribution in [3.05, 3.63) is 58.8 Å². The summed E-state index contributed by atoms with van der Waals surface area (Å²) >= 11 is 0. The van der Waals surface area contributed by atoms with Crippen molar-refractivity contribution < 1.29 is 0 Å². The zero-order valence-electron chi connectivity index (χ0n) is 12.8. The molecule has 0 fully saturated rings. The lowest BCUT2D eigenvalue weighted by Gasteiger charge is -2.13. The first-order chi connectivity index (χ1) is 11.1. The molecule has 3 aromatic heterocycles. The molecule has 0 atom stereocenters. The van der Waals surface area contributed by atoms with Crippen molar-refractivity contribution in [3.8, 4) is 11.3 Å². The van der Waals surface area contributed by atoms with Gasteiger partial charge < -0.3 is 4.98 Å². The van der Waals surface area contributed by atoms with Crippen molar-refractivity contribution in [2.24, 2.45) is 0 Å². The smallest absolute Gasteiger partial charge is 0.279 e. The molecule has 0 saturated carbocycles. The van der Waals surface area contributed by atoms with Crippen LogP contribution in [0.15, 0.2) is 47.7 Å². The minimum Gasteiger partial charge on any atom is -0.323 e. The molecule has 6 nitrogen and oxygen atoms in total. The fourth-order valence-corrected chi connectivity index (χ4v) is 2.87. The summed E-state index contributed by atoms with van der Waals surface area (Å²) in [6.07, 6.45) is 3.15. The maximum atomic E-state index is 12.7. The van der Waals surface area contributed by atoms with Gasteiger partial charge in [0.1, 0.15) is 6.33 Å². The summed E-state index contributed by atoms with van der Waals surface area (Å²) in [6, 6.07) is 9.88. The Kier molecular flexibility index (Phi) is 2.97. The van der Waals surface area contributed by atoms with Crippen molar-refractivity contribution in [2.75, 3.05) is 0 Å². The van der Waals surface area contributed by atoms with E-state index in [4.69, 9.17) is 0 Å². The van der Waals surface area contributed by atoms with Gasteiger partial charge in [0, 0.05) is 17.1 Å². The Labute approximate surface area is 131 Å². The van der Waals surface area contributed by atoms with Crippen LogP contribution in [0, 0.1) is 0 Å². The van der Waals surface area contributed by atoms with E-state index >= 15 is 0 Å². The molecule has 0 amide bonds. The number of nitrogens with one attached hydrogen (secondary N) is 1. The zero-order valence-corrected chi connectivity index (χ0v) is 12.8. The van der Waals surface area contributed by atoms with Crippen molar-refractivity contribution in [1.29, 1.82) is 0 Å².